The van der Waals surface area contributed by atoms with Crippen LogP contribution in [-0.4, -0.2) is 6.29 Å². The van der Waals surface area contributed by atoms with Gasteiger partial charge in [-0.3, -0.25) is 14.4 Å². The molecule has 6 aromatic rings. The molecule has 0 N–H and O–H groups in total. The fourth-order valence-electron chi connectivity index (χ4n) is 4.42. The van der Waals surface area contributed by atoms with Crippen molar-refractivity contribution in [2.45, 2.75) is 19.8 Å². The Balaban J connectivity index is 2.01. The van der Waals surface area contributed by atoms with Crippen LogP contribution in [0.1, 0.15) is 35.7 Å². The van der Waals surface area contributed by atoms with Crippen LogP contribution < -0.4 is 10.9 Å². The van der Waals surface area contributed by atoms with Gasteiger partial charge < -0.3 is 8.83 Å². The Morgan fingerprint density at radius 3 is 1.76 bits per heavy atom. The molecule has 140 valence electrons. The van der Waals surface area contributed by atoms with Crippen LogP contribution in [0.5, 0.6) is 0 Å². The molecule has 2 aromatic heterocycles. The Morgan fingerprint density at radius 2 is 1.21 bits per heavy atom. The second kappa shape index (κ2) is 5.20. The molecule has 0 unspecified atom stereocenters. The van der Waals surface area contributed by atoms with Gasteiger partial charge in [0.25, 0.3) is 0 Å². The molecule has 0 aliphatic rings. The Kier molecular flexibility index (Phi) is 2.91. The zero-order valence-corrected chi connectivity index (χ0v) is 15.7. The molecule has 0 saturated carbocycles. The summed E-state index contributed by atoms with van der Waals surface area (Å²) in [5, 5.41) is 3.80. The third-order valence-electron chi connectivity index (χ3n) is 5.79. The first-order chi connectivity index (χ1) is 14.0. The molecule has 0 saturated heterocycles. The number of hydrogen-bond acceptors (Lipinski definition) is 5. The van der Waals surface area contributed by atoms with E-state index in [2.05, 4.69) is 13.8 Å². The topological polar surface area (TPSA) is 77.5 Å². The van der Waals surface area contributed by atoms with E-state index in [4.69, 9.17) is 8.83 Å². The molecule has 29 heavy (non-hydrogen) atoms. The second-order valence-corrected chi connectivity index (χ2v) is 7.86. The Hall–Kier alpha value is -3.73. The normalized spacial score (nSPS) is 12.5. The van der Waals surface area contributed by atoms with Crippen molar-refractivity contribution in [3.63, 3.8) is 0 Å². The fraction of sp³-hybridized carbons (Fsp3) is 0.125. The zero-order chi connectivity index (χ0) is 20.0. The minimum atomic E-state index is -0.240. The maximum Gasteiger partial charge on any atom is 0.190 e. The van der Waals surface area contributed by atoms with Gasteiger partial charge >= 0.3 is 0 Å². The van der Waals surface area contributed by atoms with Gasteiger partial charge in [-0.25, -0.2) is 0 Å². The highest BCUT2D eigenvalue weighted by molar-refractivity contribution is 6.32. The van der Waals surface area contributed by atoms with Crippen LogP contribution in [0.2, 0.25) is 0 Å². The quantitative estimate of drug-likeness (QED) is 0.234. The number of carbonyl (C=O) groups excluding carboxylic acids is 1. The summed E-state index contributed by atoms with van der Waals surface area (Å²) in [5.41, 5.74) is 2.75. The lowest BCUT2D eigenvalue weighted by atomic mass is 9.92. The molecule has 6 rings (SSSR count). The third kappa shape index (κ3) is 1.96. The summed E-state index contributed by atoms with van der Waals surface area (Å²) in [6.07, 6.45) is 0.676. The monoisotopic (exact) mass is 382 g/mol. The van der Waals surface area contributed by atoms with Crippen LogP contribution in [-0.2, 0) is 0 Å². The average Bonchev–Trinajstić information content (AvgIpc) is 2.70. The van der Waals surface area contributed by atoms with Crippen molar-refractivity contribution in [3.05, 3.63) is 68.0 Å². The molecule has 5 heteroatoms. The summed E-state index contributed by atoms with van der Waals surface area (Å²) in [6.45, 7) is 4.10. The van der Waals surface area contributed by atoms with Gasteiger partial charge in [-0.05, 0) is 35.7 Å². The first-order valence-electron chi connectivity index (χ1n) is 9.41. The Bertz CT molecular complexity index is 1730. The van der Waals surface area contributed by atoms with Crippen LogP contribution in [0.25, 0.3) is 54.6 Å². The highest BCUT2D eigenvalue weighted by Gasteiger charge is 2.23. The summed E-state index contributed by atoms with van der Waals surface area (Å²) in [6, 6.07) is 9.92. The van der Waals surface area contributed by atoms with Gasteiger partial charge in [-0.15, -0.1) is 0 Å². The van der Waals surface area contributed by atoms with E-state index >= 15 is 0 Å². The Morgan fingerprint density at radius 1 is 0.690 bits per heavy atom. The maximum absolute atomic E-state index is 12.9. The van der Waals surface area contributed by atoms with E-state index in [1.807, 2.05) is 12.1 Å². The predicted molar refractivity (Wildman–Crippen MR) is 113 cm³/mol. The van der Waals surface area contributed by atoms with Crippen LogP contribution in [0.15, 0.2) is 54.8 Å². The van der Waals surface area contributed by atoms with E-state index in [1.165, 1.54) is 12.1 Å². The lowest BCUT2D eigenvalue weighted by Crippen LogP contribution is -2.06. The molecular formula is C24H14O5. The molecule has 5 nitrogen and oxygen atoms in total. The summed E-state index contributed by atoms with van der Waals surface area (Å²) < 4.78 is 12.2. The standard InChI is InChI=1S/C24H14O5/c1-10(2)12-5-14-16(27)8-19-24-22(14)18(6-12)29-20-7-15(26)13-3-11(9-25)4-17(28-19)21(13)23(20)24/h3-10H,1-2H3. The Labute approximate surface area is 162 Å². The SMILES string of the molecule is CC(C)c1cc2oc3cc(=O)c4cc(C=O)cc5oc6cc(=O)c(c1)c2c6c3c54. The van der Waals surface area contributed by atoms with Crippen LogP contribution in [0.4, 0.5) is 0 Å². The summed E-state index contributed by atoms with van der Waals surface area (Å²) in [7, 11) is 0. The van der Waals surface area contributed by atoms with Crippen molar-refractivity contribution in [1.29, 1.82) is 0 Å². The first-order valence-corrected chi connectivity index (χ1v) is 9.41. The van der Waals surface area contributed by atoms with Crippen LogP contribution >= 0.6 is 0 Å². The van der Waals surface area contributed by atoms with E-state index < -0.39 is 0 Å². The predicted octanol–water partition coefficient (Wildman–Crippen LogP) is 5.17. The van der Waals surface area contributed by atoms with Gasteiger partial charge in [-0.2, -0.15) is 0 Å². The average molecular weight is 382 g/mol. The number of aldehydes is 1. The molecule has 0 amide bonds. The smallest absolute Gasteiger partial charge is 0.190 e. The number of carbonyl (C=O) groups is 1. The van der Waals surface area contributed by atoms with Crippen molar-refractivity contribution >= 4 is 60.9 Å². The van der Waals surface area contributed by atoms with E-state index in [-0.39, 0.29) is 16.8 Å². The largest absolute Gasteiger partial charge is 0.456 e. The van der Waals surface area contributed by atoms with Gasteiger partial charge in [-0.1, -0.05) is 13.8 Å². The molecule has 0 radical (unpaired) electrons. The van der Waals surface area contributed by atoms with Crippen molar-refractivity contribution in [3.8, 4) is 0 Å². The second-order valence-electron chi connectivity index (χ2n) is 7.86. The summed E-state index contributed by atoms with van der Waals surface area (Å²) in [5.74, 6) is 0.215. The molecular weight excluding hydrogens is 368 g/mol. The van der Waals surface area contributed by atoms with Crippen molar-refractivity contribution < 1.29 is 13.6 Å². The number of benzene rings is 4. The van der Waals surface area contributed by atoms with E-state index in [1.54, 1.807) is 12.1 Å². The molecule has 0 aliphatic carbocycles. The summed E-state index contributed by atoms with van der Waals surface area (Å²) >= 11 is 0. The number of hydrogen-bond donors (Lipinski definition) is 0. The number of rotatable bonds is 2. The van der Waals surface area contributed by atoms with Gasteiger partial charge in [0.05, 0.1) is 0 Å². The van der Waals surface area contributed by atoms with Crippen molar-refractivity contribution in [2.75, 3.05) is 0 Å². The van der Waals surface area contributed by atoms with Crippen LogP contribution in [0.3, 0.4) is 0 Å². The van der Waals surface area contributed by atoms with Gasteiger partial charge in [0.1, 0.15) is 28.6 Å². The molecule has 0 spiro atoms. The molecule has 0 fully saturated rings. The fourth-order valence-corrected chi connectivity index (χ4v) is 4.42. The molecule has 0 aliphatic heterocycles. The third-order valence-corrected chi connectivity index (χ3v) is 5.79. The zero-order valence-electron chi connectivity index (χ0n) is 15.7. The molecule has 0 bridgehead atoms. The highest BCUT2D eigenvalue weighted by atomic mass is 16.3. The highest BCUT2D eigenvalue weighted by Crippen LogP contribution is 2.42. The van der Waals surface area contributed by atoms with Crippen molar-refractivity contribution in [1.82, 2.24) is 0 Å². The van der Waals surface area contributed by atoms with Crippen LogP contribution in [0, 0.1) is 0 Å². The molecule has 2 heterocycles. The lowest BCUT2D eigenvalue weighted by molar-refractivity contribution is 0.112. The lowest BCUT2D eigenvalue weighted by Gasteiger charge is -2.16. The van der Waals surface area contributed by atoms with Gasteiger partial charge in [0.2, 0.25) is 0 Å². The summed E-state index contributed by atoms with van der Waals surface area (Å²) in [4.78, 5) is 37.0. The van der Waals surface area contributed by atoms with Crippen molar-refractivity contribution in [2.24, 2.45) is 0 Å². The molecule has 4 aromatic carbocycles. The van der Waals surface area contributed by atoms with Gasteiger partial charge in [0, 0.05) is 50.0 Å². The van der Waals surface area contributed by atoms with E-state index in [9.17, 15) is 14.4 Å². The molecule has 0 atom stereocenters. The minimum absolute atomic E-state index is 0.152. The first kappa shape index (κ1) is 16.2. The van der Waals surface area contributed by atoms with E-state index in [0.29, 0.717) is 55.7 Å². The minimum Gasteiger partial charge on any atom is -0.456 e. The maximum atomic E-state index is 12.9. The van der Waals surface area contributed by atoms with Gasteiger partial charge in [0.15, 0.2) is 10.9 Å². The van der Waals surface area contributed by atoms with E-state index in [0.717, 1.165) is 16.3 Å².